The van der Waals surface area contributed by atoms with Crippen LogP contribution in [0.25, 0.3) is 0 Å². The van der Waals surface area contributed by atoms with Gasteiger partial charge in [0.15, 0.2) is 13.6 Å². The van der Waals surface area contributed by atoms with Crippen molar-refractivity contribution in [2.45, 2.75) is 99.3 Å². The Balaban J connectivity index is 2.29. The topological polar surface area (TPSA) is 51.2 Å². The van der Waals surface area contributed by atoms with Crippen LogP contribution in [0.5, 0.6) is 0 Å². The number of rotatable bonds is 5. The largest absolute Gasteiger partial charge is 0.289 e. The van der Waals surface area contributed by atoms with E-state index in [-0.39, 0.29) is 22.0 Å². The zero-order chi connectivity index (χ0) is 29.7. The second kappa shape index (κ2) is 10.6. The molecule has 1 unspecified atom stereocenters. The van der Waals surface area contributed by atoms with Gasteiger partial charge >= 0.3 is 0 Å². The van der Waals surface area contributed by atoms with Crippen molar-refractivity contribution in [3.63, 3.8) is 0 Å². The Morgan fingerprint density at radius 2 is 1.10 bits per heavy atom. The van der Waals surface area contributed by atoms with Gasteiger partial charge in [0, 0.05) is 16.7 Å². The number of benzene rings is 3. The molecule has 3 aromatic rings. The molecule has 3 rings (SSSR count). The average Bonchev–Trinajstić information content (AvgIpc) is 2.79. The Labute approximate surface area is 236 Å². The van der Waals surface area contributed by atoms with Gasteiger partial charge in [-0.05, 0) is 77.0 Å². The zero-order valence-corrected chi connectivity index (χ0v) is 26.7. The predicted octanol–water partition coefficient (Wildman–Crippen LogP) is 9.03. The summed E-state index contributed by atoms with van der Waals surface area (Å²) in [5.74, 6) is -0.186. The van der Waals surface area contributed by atoms with Gasteiger partial charge in [0.05, 0.1) is 5.30 Å². The predicted molar refractivity (Wildman–Crippen MR) is 165 cm³/mol. The van der Waals surface area contributed by atoms with Crippen LogP contribution in [-0.2, 0) is 20.8 Å². The van der Waals surface area contributed by atoms with E-state index in [1.165, 1.54) is 5.56 Å². The van der Waals surface area contributed by atoms with Gasteiger partial charge in [-0.3, -0.25) is 14.2 Å². The molecule has 0 fully saturated rings. The summed E-state index contributed by atoms with van der Waals surface area (Å²) in [6.45, 7) is 25.0. The van der Waals surface area contributed by atoms with Crippen LogP contribution in [0.2, 0.25) is 0 Å². The Hall–Kier alpha value is -2.90. The van der Waals surface area contributed by atoms with E-state index in [9.17, 15) is 14.2 Å². The number of aryl methyl sites for hydroxylation is 3. The third kappa shape index (κ3) is 6.30. The Morgan fingerprint density at radius 1 is 0.641 bits per heavy atom. The number of hydrogen-bond acceptors (Lipinski definition) is 3. The van der Waals surface area contributed by atoms with Crippen LogP contribution in [0, 0.1) is 20.8 Å². The lowest BCUT2D eigenvalue weighted by Gasteiger charge is -2.33. The first-order chi connectivity index (χ1) is 17.7. The van der Waals surface area contributed by atoms with Gasteiger partial charge in [-0.1, -0.05) is 104 Å². The highest BCUT2D eigenvalue weighted by atomic mass is 31.1. The molecule has 4 heteroatoms. The van der Waals surface area contributed by atoms with Gasteiger partial charge in [-0.15, -0.1) is 0 Å². The van der Waals surface area contributed by atoms with Crippen LogP contribution >= 0.6 is 7.80 Å². The quantitative estimate of drug-likeness (QED) is 0.238. The van der Waals surface area contributed by atoms with Crippen molar-refractivity contribution in [2.24, 2.45) is 0 Å². The molecule has 0 amide bonds. The molecule has 0 aromatic heterocycles. The fourth-order valence-corrected chi connectivity index (χ4v) is 6.60. The van der Waals surface area contributed by atoms with Gasteiger partial charge < -0.3 is 0 Å². The van der Waals surface area contributed by atoms with Crippen molar-refractivity contribution in [1.29, 1.82) is 0 Å². The van der Waals surface area contributed by atoms with Crippen molar-refractivity contribution in [3.05, 3.63) is 98.6 Å². The normalized spacial score (nSPS) is 12.9. The molecule has 207 valence electrons. The second-order valence-electron chi connectivity index (χ2n) is 13.9. The Morgan fingerprint density at radius 3 is 1.54 bits per heavy atom. The van der Waals surface area contributed by atoms with Gasteiger partial charge in [0.25, 0.3) is 0 Å². The number of hydrogen-bond donors (Lipinski definition) is 0. The minimum atomic E-state index is -2.51. The summed E-state index contributed by atoms with van der Waals surface area (Å²) in [6, 6.07) is 15.1. The van der Waals surface area contributed by atoms with Gasteiger partial charge in [-0.2, -0.15) is 0 Å². The van der Waals surface area contributed by atoms with Crippen molar-refractivity contribution >= 4 is 24.4 Å². The van der Waals surface area contributed by atoms with Crippen LogP contribution < -0.4 is 5.30 Å². The highest BCUT2D eigenvalue weighted by Gasteiger charge is 2.34. The first kappa shape index (κ1) is 30.6. The maximum atomic E-state index is 14.6. The molecule has 3 aromatic carbocycles. The molecule has 0 bridgehead atoms. The minimum absolute atomic E-state index is 0.0982. The summed E-state index contributed by atoms with van der Waals surface area (Å²) in [4.78, 5) is 28.2. The summed E-state index contributed by atoms with van der Waals surface area (Å²) in [5.41, 5.74) is 6.05. The lowest BCUT2D eigenvalue weighted by atomic mass is 9.71. The standard InChI is InChI=1S/C35H44O3P/c1-21-17-22(2)29(23(3)18-21)32(37)39(38)28-16-14-13-15-25(28)31(36)30-26(34(7,8)9)19-24(33(4,5)6)20-27(30)35(10,11)12/h13-20H,1-12H3. The third-order valence-electron chi connectivity index (χ3n) is 7.29. The van der Waals surface area contributed by atoms with Gasteiger partial charge in [0.1, 0.15) is 0 Å². The molecule has 0 spiro atoms. The average molecular weight is 544 g/mol. The monoisotopic (exact) mass is 543 g/mol. The molecule has 1 atom stereocenters. The number of carbonyl (C=O) groups is 2. The fourth-order valence-electron chi connectivity index (χ4n) is 5.21. The van der Waals surface area contributed by atoms with E-state index in [1.54, 1.807) is 24.3 Å². The Bertz CT molecular complexity index is 1410. The van der Waals surface area contributed by atoms with E-state index in [0.29, 0.717) is 22.0 Å². The highest BCUT2D eigenvalue weighted by molar-refractivity contribution is 7.71. The van der Waals surface area contributed by atoms with E-state index in [2.05, 4.69) is 74.4 Å². The number of ketones is 1. The van der Waals surface area contributed by atoms with Crippen molar-refractivity contribution < 1.29 is 14.2 Å². The molecule has 0 heterocycles. The maximum Gasteiger partial charge on any atom is 0.247 e. The molecular weight excluding hydrogens is 499 g/mol. The fraction of sp³-hybridized carbons (Fsp3) is 0.429. The number of carbonyl (C=O) groups excluding carboxylic acids is 2. The van der Waals surface area contributed by atoms with Gasteiger partial charge in [0.2, 0.25) is 5.52 Å². The molecule has 39 heavy (non-hydrogen) atoms. The van der Waals surface area contributed by atoms with Crippen LogP contribution in [-0.4, -0.2) is 11.3 Å². The zero-order valence-electron chi connectivity index (χ0n) is 25.8. The third-order valence-corrected chi connectivity index (χ3v) is 8.71. The van der Waals surface area contributed by atoms with Crippen molar-refractivity contribution in [1.82, 2.24) is 0 Å². The van der Waals surface area contributed by atoms with Crippen LogP contribution in [0.3, 0.4) is 0 Å². The summed E-state index contributed by atoms with van der Waals surface area (Å²) in [5, 5.41) is 0.293. The first-order valence-corrected chi connectivity index (χ1v) is 14.9. The highest BCUT2D eigenvalue weighted by Crippen LogP contribution is 2.40. The summed E-state index contributed by atoms with van der Waals surface area (Å²) < 4.78 is 13.9. The van der Waals surface area contributed by atoms with E-state index in [4.69, 9.17) is 0 Å². The molecular formula is C35H44O3P. The Kier molecular flexibility index (Phi) is 8.31. The molecule has 3 nitrogen and oxygen atoms in total. The molecule has 0 aliphatic carbocycles. The minimum Gasteiger partial charge on any atom is -0.289 e. The molecule has 0 aliphatic rings. The maximum absolute atomic E-state index is 14.6. The lowest BCUT2D eigenvalue weighted by Crippen LogP contribution is -2.28. The molecule has 1 radical (unpaired) electrons. The molecule has 0 N–H and O–H groups in total. The SMILES string of the molecule is Cc1cc(C)c(C(=O)[P](=O)c2ccccc2C(=O)c2c(C(C)(C)C)cc(C(C)(C)C)cc2C(C)(C)C)c(C)c1. The first-order valence-electron chi connectivity index (χ1n) is 13.7. The summed E-state index contributed by atoms with van der Waals surface area (Å²) in [7, 11) is -2.51. The lowest BCUT2D eigenvalue weighted by molar-refractivity contribution is 0.103. The van der Waals surface area contributed by atoms with E-state index >= 15 is 0 Å². The van der Waals surface area contributed by atoms with Crippen LogP contribution in [0.15, 0.2) is 48.5 Å². The summed E-state index contributed by atoms with van der Waals surface area (Å²) >= 11 is 0. The van der Waals surface area contributed by atoms with Crippen molar-refractivity contribution in [2.75, 3.05) is 0 Å². The van der Waals surface area contributed by atoms with Gasteiger partial charge in [-0.25, -0.2) is 0 Å². The van der Waals surface area contributed by atoms with Crippen molar-refractivity contribution in [3.8, 4) is 0 Å². The summed E-state index contributed by atoms with van der Waals surface area (Å²) in [6.07, 6.45) is 0. The smallest absolute Gasteiger partial charge is 0.247 e. The van der Waals surface area contributed by atoms with Crippen LogP contribution in [0.1, 0.15) is 122 Å². The second-order valence-corrected chi connectivity index (χ2v) is 15.4. The van der Waals surface area contributed by atoms with E-state index in [0.717, 1.165) is 27.8 Å². The molecule has 0 aliphatic heterocycles. The van der Waals surface area contributed by atoms with Crippen LogP contribution in [0.4, 0.5) is 0 Å². The van der Waals surface area contributed by atoms with E-state index < -0.39 is 13.3 Å². The molecule has 0 saturated carbocycles. The van der Waals surface area contributed by atoms with E-state index in [1.807, 2.05) is 32.9 Å². The molecule has 0 saturated heterocycles.